The molecule has 0 aromatic heterocycles. The van der Waals surface area contributed by atoms with Gasteiger partial charge in [0, 0.05) is 18.7 Å². The molecule has 3 nitrogen and oxygen atoms in total. The maximum absolute atomic E-state index is 10.5. The summed E-state index contributed by atoms with van der Waals surface area (Å²) in [4.78, 5) is 10.5. The van der Waals surface area contributed by atoms with Gasteiger partial charge in [-0.2, -0.15) is 0 Å². The number of nitrogens with one attached hydrogen (secondary N) is 1. The summed E-state index contributed by atoms with van der Waals surface area (Å²) in [7, 11) is 0. The van der Waals surface area contributed by atoms with Gasteiger partial charge in [0.05, 0.1) is 0 Å². The summed E-state index contributed by atoms with van der Waals surface area (Å²) in [5, 5.41) is 11.8. The van der Waals surface area contributed by atoms with Gasteiger partial charge in [-0.15, -0.1) is 0 Å². The number of carbonyl (C=O) groups is 1. The fourth-order valence-electron chi connectivity index (χ4n) is 1.12. The molecule has 80 valence electrons. The van der Waals surface area contributed by atoms with Crippen LogP contribution >= 0.6 is 0 Å². The Hall–Kier alpha value is -1.61. The van der Waals surface area contributed by atoms with Crippen molar-refractivity contribution < 1.29 is 9.90 Å². The minimum atomic E-state index is -0.864. The topological polar surface area (TPSA) is 49.3 Å². The molecule has 0 atom stereocenters. The van der Waals surface area contributed by atoms with Crippen LogP contribution in [0.25, 0.3) is 0 Å². The summed E-state index contributed by atoms with van der Waals surface area (Å²) >= 11 is 0. The lowest BCUT2D eigenvalue weighted by molar-refractivity contribution is -0.132. The van der Waals surface area contributed by atoms with Gasteiger partial charge in [-0.1, -0.05) is 36.4 Å². The van der Waals surface area contributed by atoms with Crippen LogP contribution in [0.2, 0.25) is 0 Å². The van der Waals surface area contributed by atoms with Crippen molar-refractivity contribution in [2.24, 2.45) is 0 Å². The SMILES string of the molecule is C/C(=C/CNCc1ccccc1)C(=O)O. The van der Waals surface area contributed by atoms with Crippen molar-refractivity contribution in [2.75, 3.05) is 6.54 Å². The first kappa shape index (κ1) is 11.5. The van der Waals surface area contributed by atoms with Crippen molar-refractivity contribution in [1.82, 2.24) is 5.32 Å². The fraction of sp³-hybridized carbons (Fsp3) is 0.250. The van der Waals surface area contributed by atoms with Gasteiger partial charge in [0.2, 0.25) is 0 Å². The van der Waals surface area contributed by atoms with E-state index in [0.29, 0.717) is 12.1 Å². The van der Waals surface area contributed by atoms with E-state index in [1.165, 1.54) is 5.56 Å². The molecular weight excluding hydrogens is 190 g/mol. The van der Waals surface area contributed by atoms with E-state index in [1.54, 1.807) is 13.0 Å². The minimum absolute atomic E-state index is 0.371. The van der Waals surface area contributed by atoms with E-state index in [4.69, 9.17) is 5.11 Å². The molecule has 0 radical (unpaired) electrons. The third kappa shape index (κ3) is 4.42. The second kappa shape index (κ2) is 5.98. The molecule has 0 spiro atoms. The normalized spacial score (nSPS) is 11.4. The van der Waals surface area contributed by atoms with E-state index >= 15 is 0 Å². The molecule has 1 rings (SSSR count). The van der Waals surface area contributed by atoms with Crippen LogP contribution in [0.15, 0.2) is 42.0 Å². The second-order valence-corrected chi connectivity index (χ2v) is 3.31. The molecule has 2 N–H and O–H groups in total. The van der Waals surface area contributed by atoms with Gasteiger partial charge in [-0.25, -0.2) is 4.79 Å². The molecule has 0 saturated carbocycles. The highest BCUT2D eigenvalue weighted by Gasteiger charge is 1.97. The Kier molecular flexibility index (Phi) is 4.57. The molecule has 3 heteroatoms. The van der Waals surface area contributed by atoms with Crippen molar-refractivity contribution in [1.29, 1.82) is 0 Å². The van der Waals surface area contributed by atoms with Crippen LogP contribution < -0.4 is 5.32 Å². The van der Waals surface area contributed by atoms with Crippen molar-refractivity contribution in [3.63, 3.8) is 0 Å². The zero-order valence-corrected chi connectivity index (χ0v) is 8.73. The molecule has 0 heterocycles. The number of rotatable bonds is 5. The molecule has 15 heavy (non-hydrogen) atoms. The molecule has 0 aliphatic heterocycles. The van der Waals surface area contributed by atoms with Crippen LogP contribution in [0.5, 0.6) is 0 Å². The Labute approximate surface area is 89.4 Å². The number of aliphatic carboxylic acids is 1. The lowest BCUT2D eigenvalue weighted by atomic mass is 10.2. The Morgan fingerprint density at radius 2 is 2.07 bits per heavy atom. The number of carboxylic acids is 1. The first-order valence-corrected chi connectivity index (χ1v) is 4.85. The first-order chi connectivity index (χ1) is 7.20. The van der Waals surface area contributed by atoms with Crippen LogP contribution in [-0.2, 0) is 11.3 Å². The van der Waals surface area contributed by atoms with Crippen molar-refractivity contribution in [2.45, 2.75) is 13.5 Å². The van der Waals surface area contributed by atoms with E-state index < -0.39 is 5.97 Å². The Morgan fingerprint density at radius 1 is 1.40 bits per heavy atom. The predicted octanol–water partition coefficient (Wildman–Crippen LogP) is 1.81. The summed E-state index contributed by atoms with van der Waals surface area (Å²) < 4.78 is 0. The molecule has 0 aliphatic rings. The van der Waals surface area contributed by atoms with E-state index in [2.05, 4.69) is 5.32 Å². The monoisotopic (exact) mass is 205 g/mol. The van der Waals surface area contributed by atoms with Crippen molar-refractivity contribution in [3.05, 3.63) is 47.5 Å². The van der Waals surface area contributed by atoms with Crippen molar-refractivity contribution >= 4 is 5.97 Å². The smallest absolute Gasteiger partial charge is 0.330 e. The van der Waals surface area contributed by atoms with Crippen molar-refractivity contribution in [3.8, 4) is 0 Å². The highest BCUT2D eigenvalue weighted by atomic mass is 16.4. The Bertz CT molecular complexity index is 344. The van der Waals surface area contributed by atoms with Gasteiger partial charge in [0.1, 0.15) is 0 Å². The summed E-state index contributed by atoms with van der Waals surface area (Å²) in [6.07, 6.45) is 1.67. The molecule has 0 bridgehead atoms. The summed E-state index contributed by atoms with van der Waals surface area (Å²) in [6, 6.07) is 9.99. The van der Waals surface area contributed by atoms with E-state index in [-0.39, 0.29) is 0 Å². The predicted molar refractivity (Wildman–Crippen MR) is 59.5 cm³/mol. The maximum atomic E-state index is 10.5. The molecule has 0 aliphatic carbocycles. The van der Waals surface area contributed by atoms with Gasteiger partial charge in [0.15, 0.2) is 0 Å². The second-order valence-electron chi connectivity index (χ2n) is 3.31. The number of carboxylic acid groups (broad SMARTS) is 1. The molecule has 1 aromatic carbocycles. The molecule has 0 amide bonds. The van der Waals surface area contributed by atoms with E-state index in [9.17, 15) is 4.79 Å². The molecule has 0 saturated heterocycles. The highest BCUT2D eigenvalue weighted by molar-refractivity contribution is 5.85. The number of hydrogen-bond acceptors (Lipinski definition) is 2. The third-order valence-corrected chi connectivity index (χ3v) is 2.06. The van der Waals surface area contributed by atoms with Gasteiger partial charge < -0.3 is 10.4 Å². The van der Waals surface area contributed by atoms with Gasteiger partial charge in [0.25, 0.3) is 0 Å². The molecule has 0 fully saturated rings. The lowest BCUT2D eigenvalue weighted by Gasteiger charge is -2.01. The van der Waals surface area contributed by atoms with Crippen LogP contribution in [0.4, 0.5) is 0 Å². The Morgan fingerprint density at radius 3 is 2.67 bits per heavy atom. The average molecular weight is 205 g/mol. The van der Waals surface area contributed by atoms with Gasteiger partial charge in [-0.05, 0) is 12.5 Å². The molecule has 0 unspecified atom stereocenters. The summed E-state index contributed by atoms with van der Waals surface area (Å²) in [5.41, 5.74) is 1.56. The number of hydrogen-bond donors (Lipinski definition) is 2. The quantitative estimate of drug-likeness (QED) is 0.569. The van der Waals surface area contributed by atoms with E-state index in [0.717, 1.165) is 6.54 Å². The van der Waals surface area contributed by atoms with Crippen LogP contribution in [0.1, 0.15) is 12.5 Å². The van der Waals surface area contributed by atoms with Crippen LogP contribution in [-0.4, -0.2) is 17.6 Å². The largest absolute Gasteiger partial charge is 0.478 e. The highest BCUT2D eigenvalue weighted by Crippen LogP contribution is 1.97. The van der Waals surface area contributed by atoms with Crippen LogP contribution in [0, 0.1) is 0 Å². The van der Waals surface area contributed by atoms with E-state index in [1.807, 2.05) is 30.3 Å². The maximum Gasteiger partial charge on any atom is 0.330 e. The third-order valence-electron chi connectivity index (χ3n) is 2.06. The standard InChI is InChI=1S/C12H15NO2/c1-10(12(14)15)7-8-13-9-11-5-3-2-4-6-11/h2-7,13H,8-9H2,1H3,(H,14,15)/b10-7-. The minimum Gasteiger partial charge on any atom is -0.478 e. The number of benzene rings is 1. The van der Waals surface area contributed by atoms with Gasteiger partial charge >= 0.3 is 5.97 Å². The Balaban J connectivity index is 2.29. The summed E-state index contributed by atoms with van der Waals surface area (Å²) in [6.45, 7) is 2.92. The van der Waals surface area contributed by atoms with Crippen LogP contribution in [0.3, 0.4) is 0 Å². The fourth-order valence-corrected chi connectivity index (χ4v) is 1.12. The van der Waals surface area contributed by atoms with Gasteiger partial charge in [-0.3, -0.25) is 0 Å². The average Bonchev–Trinajstić information content (AvgIpc) is 2.25. The zero-order valence-electron chi connectivity index (χ0n) is 8.73. The molecular formula is C12H15NO2. The first-order valence-electron chi connectivity index (χ1n) is 4.85. The molecule has 1 aromatic rings. The zero-order chi connectivity index (χ0) is 11.1. The summed E-state index contributed by atoms with van der Waals surface area (Å²) in [5.74, 6) is -0.864. The lowest BCUT2D eigenvalue weighted by Crippen LogP contribution is -2.14.